The first-order valence-corrected chi connectivity index (χ1v) is 5.56. The first-order chi connectivity index (χ1) is 6.15. The molecule has 1 aliphatic rings. The lowest BCUT2D eigenvalue weighted by atomic mass is 10.1. The highest BCUT2D eigenvalue weighted by Gasteiger charge is 2.46. The molecule has 2 rings (SSSR count). The number of hydrogen-bond donors (Lipinski definition) is 2. The Morgan fingerprint density at radius 1 is 1.62 bits per heavy atom. The van der Waals surface area contributed by atoms with E-state index in [0.717, 1.165) is 17.2 Å². The predicted molar refractivity (Wildman–Crippen MR) is 57.3 cm³/mol. The van der Waals surface area contributed by atoms with Crippen molar-refractivity contribution in [1.82, 2.24) is 5.32 Å². The van der Waals surface area contributed by atoms with E-state index in [-0.39, 0.29) is 11.6 Å². The fraction of sp³-hybridized carbons (Fsp3) is 0.556. The summed E-state index contributed by atoms with van der Waals surface area (Å²) >= 11 is 7.49. The molecule has 0 spiro atoms. The van der Waals surface area contributed by atoms with Gasteiger partial charge in [-0.05, 0) is 32.0 Å². The van der Waals surface area contributed by atoms with Gasteiger partial charge in [-0.15, -0.1) is 11.3 Å². The van der Waals surface area contributed by atoms with Crippen LogP contribution in [0.2, 0.25) is 4.34 Å². The number of nitrogens with two attached hydrogens (primary N) is 1. The Bertz CT molecular complexity index is 306. The van der Waals surface area contributed by atoms with Crippen LogP contribution < -0.4 is 11.1 Å². The van der Waals surface area contributed by atoms with Gasteiger partial charge in [-0.25, -0.2) is 0 Å². The van der Waals surface area contributed by atoms with Gasteiger partial charge in [0.1, 0.15) is 0 Å². The van der Waals surface area contributed by atoms with Gasteiger partial charge in [0, 0.05) is 10.4 Å². The molecule has 1 fully saturated rings. The summed E-state index contributed by atoms with van der Waals surface area (Å²) in [5.41, 5.74) is 6.12. The van der Waals surface area contributed by atoms with Crippen molar-refractivity contribution in [3.8, 4) is 0 Å². The molecule has 1 aliphatic carbocycles. The van der Waals surface area contributed by atoms with E-state index in [0.29, 0.717) is 0 Å². The topological polar surface area (TPSA) is 38.0 Å². The van der Waals surface area contributed by atoms with Gasteiger partial charge in [-0.2, -0.15) is 0 Å². The zero-order valence-electron chi connectivity index (χ0n) is 7.51. The summed E-state index contributed by atoms with van der Waals surface area (Å²) in [5.74, 6) is 0. The monoisotopic (exact) mass is 216 g/mol. The Morgan fingerprint density at radius 3 is 2.69 bits per heavy atom. The van der Waals surface area contributed by atoms with Crippen LogP contribution in [0.5, 0.6) is 0 Å². The third kappa shape index (κ3) is 1.74. The van der Waals surface area contributed by atoms with Crippen LogP contribution in [0.4, 0.5) is 0 Å². The maximum atomic E-state index is 6.14. The van der Waals surface area contributed by atoms with E-state index in [2.05, 4.69) is 11.4 Å². The highest BCUT2D eigenvalue weighted by molar-refractivity contribution is 7.16. The largest absolute Gasteiger partial charge is 0.323 e. The summed E-state index contributed by atoms with van der Waals surface area (Å²) in [7, 11) is 1.95. The number of halogens is 1. The zero-order valence-corrected chi connectivity index (χ0v) is 9.08. The lowest BCUT2D eigenvalue weighted by Gasteiger charge is -2.21. The maximum Gasteiger partial charge on any atom is 0.0931 e. The summed E-state index contributed by atoms with van der Waals surface area (Å²) < 4.78 is 0.833. The minimum Gasteiger partial charge on any atom is -0.323 e. The van der Waals surface area contributed by atoms with Crippen LogP contribution in [-0.4, -0.2) is 12.6 Å². The molecular weight excluding hydrogens is 204 g/mol. The SMILES string of the molecule is CNC(c1ccc(Cl)s1)C1(N)CC1. The fourth-order valence-electron chi connectivity index (χ4n) is 1.63. The Hall–Kier alpha value is -0.0900. The van der Waals surface area contributed by atoms with Gasteiger partial charge < -0.3 is 11.1 Å². The van der Waals surface area contributed by atoms with Gasteiger partial charge in [0.15, 0.2) is 0 Å². The molecule has 0 saturated heterocycles. The van der Waals surface area contributed by atoms with E-state index in [1.54, 1.807) is 11.3 Å². The van der Waals surface area contributed by atoms with Crippen molar-refractivity contribution in [3.63, 3.8) is 0 Å². The highest BCUT2D eigenvalue weighted by Crippen LogP contribution is 2.45. The summed E-state index contributed by atoms with van der Waals surface area (Å²) in [6, 6.07) is 4.25. The van der Waals surface area contributed by atoms with Crippen LogP contribution in [0.1, 0.15) is 23.8 Å². The van der Waals surface area contributed by atoms with Gasteiger partial charge in [-0.1, -0.05) is 11.6 Å². The molecule has 0 amide bonds. The molecule has 0 bridgehead atoms. The van der Waals surface area contributed by atoms with Crippen LogP contribution >= 0.6 is 22.9 Å². The Morgan fingerprint density at radius 2 is 2.31 bits per heavy atom. The van der Waals surface area contributed by atoms with Gasteiger partial charge in [0.25, 0.3) is 0 Å². The van der Waals surface area contributed by atoms with E-state index in [4.69, 9.17) is 17.3 Å². The van der Waals surface area contributed by atoms with Crippen LogP contribution in [0.25, 0.3) is 0 Å². The molecule has 13 heavy (non-hydrogen) atoms. The second kappa shape index (κ2) is 3.24. The van der Waals surface area contributed by atoms with Gasteiger partial charge in [0.05, 0.1) is 10.4 Å². The van der Waals surface area contributed by atoms with Gasteiger partial charge in [0.2, 0.25) is 0 Å². The first-order valence-electron chi connectivity index (χ1n) is 4.37. The Balaban J connectivity index is 2.22. The molecule has 4 heteroatoms. The Labute approximate surface area is 87.1 Å². The molecule has 0 aromatic carbocycles. The lowest BCUT2D eigenvalue weighted by molar-refractivity contribution is 0.468. The van der Waals surface area contributed by atoms with Gasteiger partial charge in [-0.3, -0.25) is 0 Å². The molecule has 1 aromatic heterocycles. The molecular formula is C9H13ClN2S. The van der Waals surface area contributed by atoms with E-state index >= 15 is 0 Å². The minimum atomic E-state index is -0.0249. The fourth-order valence-corrected chi connectivity index (χ4v) is 2.93. The number of nitrogens with one attached hydrogen (secondary N) is 1. The maximum absolute atomic E-state index is 6.14. The van der Waals surface area contributed by atoms with Crippen molar-refractivity contribution < 1.29 is 0 Å². The van der Waals surface area contributed by atoms with E-state index < -0.39 is 0 Å². The third-order valence-electron chi connectivity index (χ3n) is 2.57. The second-order valence-corrected chi connectivity index (χ2v) is 5.34. The molecule has 1 atom stereocenters. The number of hydrogen-bond acceptors (Lipinski definition) is 3. The summed E-state index contributed by atoms with van der Waals surface area (Å²) in [6.45, 7) is 0. The number of rotatable bonds is 3. The van der Waals surface area contributed by atoms with E-state index in [1.807, 2.05) is 13.1 Å². The Kier molecular flexibility index (Phi) is 2.36. The summed E-state index contributed by atoms with van der Waals surface area (Å²) in [5, 5.41) is 3.26. The third-order valence-corrected chi connectivity index (χ3v) is 3.87. The van der Waals surface area contributed by atoms with E-state index in [9.17, 15) is 0 Å². The normalized spacial score (nSPS) is 21.5. The molecule has 0 aliphatic heterocycles. The molecule has 1 unspecified atom stereocenters. The van der Waals surface area contributed by atoms with Crippen molar-refractivity contribution in [3.05, 3.63) is 21.3 Å². The highest BCUT2D eigenvalue weighted by atomic mass is 35.5. The van der Waals surface area contributed by atoms with Crippen LogP contribution in [0.15, 0.2) is 12.1 Å². The van der Waals surface area contributed by atoms with Crippen molar-refractivity contribution in [2.24, 2.45) is 5.73 Å². The standard InChI is InChI=1S/C9H13ClN2S/c1-12-8(9(11)4-5-9)6-2-3-7(10)13-6/h2-3,8,12H,4-5,11H2,1H3. The zero-order chi connectivity index (χ0) is 9.47. The molecule has 3 N–H and O–H groups in total. The van der Waals surface area contributed by atoms with E-state index in [1.165, 1.54) is 4.88 Å². The quantitative estimate of drug-likeness (QED) is 0.813. The van der Waals surface area contributed by atoms with Crippen molar-refractivity contribution in [1.29, 1.82) is 0 Å². The average molecular weight is 217 g/mol. The van der Waals surface area contributed by atoms with Crippen LogP contribution in [0, 0.1) is 0 Å². The molecule has 1 aromatic rings. The van der Waals surface area contributed by atoms with Crippen molar-refractivity contribution in [2.45, 2.75) is 24.4 Å². The number of likely N-dealkylation sites (N-methyl/N-ethyl adjacent to an activating group) is 1. The van der Waals surface area contributed by atoms with Crippen LogP contribution in [-0.2, 0) is 0 Å². The molecule has 1 heterocycles. The average Bonchev–Trinajstić information content (AvgIpc) is 2.67. The molecule has 2 nitrogen and oxygen atoms in total. The first kappa shape index (κ1) is 9.46. The van der Waals surface area contributed by atoms with Crippen LogP contribution in [0.3, 0.4) is 0 Å². The molecule has 0 radical (unpaired) electrons. The summed E-state index contributed by atoms with van der Waals surface area (Å²) in [6.07, 6.45) is 2.21. The lowest BCUT2D eigenvalue weighted by Crippen LogP contribution is -2.37. The smallest absolute Gasteiger partial charge is 0.0931 e. The second-order valence-electron chi connectivity index (χ2n) is 3.60. The van der Waals surface area contributed by atoms with Crippen molar-refractivity contribution in [2.75, 3.05) is 7.05 Å². The molecule has 1 saturated carbocycles. The predicted octanol–water partition coefficient (Wildman–Crippen LogP) is 2.15. The molecule has 72 valence electrons. The van der Waals surface area contributed by atoms with Gasteiger partial charge >= 0.3 is 0 Å². The minimum absolute atomic E-state index is 0.0249. The number of thiophene rings is 1. The summed E-state index contributed by atoms with van der Waals surface area (Å²) in [4.78, 5) is 1.24. The van der Waals surface area contributed by atoms with Crippen molar-refractivity contribution >= 4 is 22.9 Å².